The van der Waals surface area contributed by atoms with E-state index in [0.717, 1.165) is 37.7 Å². The van der Waals surface area contributed by atoms with Crippen molar-refractivity contribution in [2.75, 3.05) is 46.3 Å². The minimum Gasteiger partial charge on any atom is -0.356 e. The molecule has 4 aliphatic rings. The number of carbonyl (C=O) groups is 2. The summed E-state index contributed by atoms with van der Waals surface area (Å²) in [5.41, 5.74) is 0. The number of nitrogens with zero attached hydrogens (tertiary/aromatic N) is 3. The highest BCUT2D eigenvalue weighted by atomic mass is 16.2. The molecule has 31 heavy (non-hydrogen) atoms. The first kappa shape index (κ1) is 22.3. The molecule has 0 aromatic heterocycles. The summed E-state index contributed by atoms with van der Waals surface area (Å²) in [5.74, 6) is 2.15. The minimum absolute atomic E-state index is 0.0532. The zero-order valence-electron chi connectivity index (χ0n) is 19.2. The maximum absolute atomic E-state index is 12.7. The van der Waals surface area contributed by atoms with Crippen LogP contribution in [0, 0.1) is 29.6 Å². The van der Waals surface area contributed by atoms with Crippen molar-refractivity contribution in [3.63, 3.8) is 0 Å². The van der Waals surface area contributed by atoms with Crippen LogP contribution in [0.3, 0.4) is 0 Å². The maximum Gasteiger partial charge on any atom is 0.233 e. The third-order valence-electron chi connectivity index (χ3n) is 7.57. The van der Waals surface area contributed by atoms with Crippen molar-refractivity contribution >= 4 is 17.8 Å². The van der Waals surface area contributed by atoms with E-state index in [4.69, 9.17) is 0 Å². The van der Waals surface area contributed by atoms with Crippen LogP contribution in [0.2, 0.25) is 0 Å². The van der Waals surface area contributed by atoms with Gasteiger partial charge in [0.1, 0.15) is 0 Å². The maximum atomic E-state index is 12.7. The SMILES string of the molecule is CN=C(NCCCCN1CCCC(C)C1)NCCCN1C(=O)C2C3C=CC(C3)C2C1=O. The van der Waals surface area contributed by atoms with Crippen LogP contribution in [-0.4, -0.2) is 73.9 Å². The number of nitrogens with one attached hydrogen (secondary N) is 2. The number of carbonyl (C=O) groups excluding carboxylic acids is 2. The van der Waals surface area contributed by atoms with E-state index in [1.807, 2.05) is 0 Å². The number of likely N-dealkylation sites (tertiary alicyclic amines) is 2. The molecule has 7 nitrogen and oxygen atoms in total. The monoisotopic (exact) mass is 429 g/mol. The smallest absolute Gasteiger partial charge is 0.233 e. The molecule has 7 heteroatoms. The summed E-state index contributed by atoms with van der Waals surface area (Å²) >= 11 is 0. The molecule has 2 N–H and O–H groups in total. The molecular weight excluding hydrogens is 390 g/mol. The molecule has 4 rings (SSSR count). The molecule has 2 aliphatic heterocycles. The van der Waals surface area contributed by atoms with Gasteiger partial charge >= 0.3 is 0 Å². The molecule has 2 saturated heterocycles. The van der Waals surface area contributed by atoms with Gasteiger partial charge in [-0.2, -0.15) is 0 Å². The minimum atomic E-state index is -0.0851. The van der Waals surface area contributed by atoms with Gasteiger partial charge in [-0.15, -0.1) is 0 Å². The number of amides is 2. The highest BCUT2D eigenvalue weighted by Crippen LogP contribution is 2.52. The molecule has 1 saturated carbocycles. The van der Waals surface area contributed by atoms with Crippen molar-refractivity contribution in [3.8, 4) is 0 Å². The summed E-state index contributed by atoms with van der Waals surface area (Å²) < 4.78 is 0. The van der Waals surface area contributed by atoms with Gasteiger partial charge in [0.2, 0.25) is 11.8 Å². The average molecular weight is 430 g/mol. The number of unbranched alkanes of at least 4 members (excludes halogenated alkanes) is 1. The van der Waals surface area contributed by atoms with Gasteiger partial charge in [0.05, 0.1) is 11.8 Å². The fourth-order valence-corrected chi connectivity index (χ4v) is 6.01. The zero-order valence-corrected chi connectivity index (χ0v) is 19.2. The van der Waals surface area contributed by atoms with Crippen molar-refractivity contribution in [1.29, 1.82) is 0 Å². The lowest BCUT2D eigenvalue weighted by molar-refractivity contribution is -0.140. The van der Waals surface area contributed by atoms with Crippen molar-refractivity contribution in [1.82, 2.24) is 20.4 Å². The fourth-order valence-electron chi connectivity index (χ4n) is 6.01. The quantitative estimate of drug-likeness (QED) is 0.192. The molecule has 172 valence electrons. The molecule has 5 unspecified atom stereocenters. The van der Waals surface area contributed by atoms with Crippen LogP contribution < -0.4 is 10.6 Å². The Morgan fingerprint density at radius 1 is 1.03 bits per heavy atom. The van der Waals surface area contributed by atoms with E-state index in [1.54, 1.807) is 7.05 Å². The van der Waals surface area contributed by atoms with Crippen LogP contribution in [0.5, 0.6) is 0 Å². The molecule has 0 radical (unpaired) electrons. The van der Waals surface area contributed by atoms with Gasteiger partial charge in [-0.1, -0.05) is 19.1 Å². The van der Waals surface area contributed by atoms with Crippen molar-refractivity contribution in [3.05, 3.63) is 12.2 Å². The zero-order chi connectivity index (χ0) is 21.8. The Labute approximate surface area is 186 Å². The van der Waals surface area contributed by atoms with Gasteiger partial charge < -0.3 is 15.5 Å². The Balaban J connectivity index is 1.08. The molecular formula is C24H39N5O2. The van der Waals surface area contributed by atoms with Gasteiger partial charge in [0.15, 0.2) is 5.96 Å². The highest BCUT2D eigenvalue weighted by molar-refractivity contribution is 6.06. The van der Waals surface area contributed by atoms with E-state index in [-0.39, 0.29) is 35.5 Å². The predicted octanol–water partition coefficient (Wildman–Crippen LogP) is 1.86. The highest BCUT2D eigenvalue weighted by Gasteiger charge is 2.58. The standard InChI is InChI=1S/C24H39N5O2/c1-17-7-5-13-28(16-17)12-4-3-10-26-24(25-2)27-11-6-14-29-22(30)20-18-8-9-19(15-18)21(20)23(29)31/h8-9,17-21H,3-7,10-16H2,1-2H3,(H2,25,26,27). The Hall–Kier alpha value is -1.89. The molecule has 2 aliphatic carbocycles. The van der Waals surface area contributed by atoms with Crippen molar-refractivity contribution < 1.29 is 9.59 Å². The summed E-state index contributed by atoms with van der Waals surface area (Å²) in [6.45, 7) is 8.15. The lowest BCUT2D eigenvalue weighted by Gasteiger charge is -2.30. The Morgan fingerprint density at radius 2 is 1.71 bits per heavy atom. The lowest BCUT2D eigenvalue weighted by Crippen LogP contribution is -2.40. The molecule has 2 bridgehead atoms. The van der Waals surface area contributed by atoms with Crippen molar-refractivity contribution in [2.45, 2.75) is 45.4 Å². The van der Waals surface area contributed by atoms with Crippen LogP contribution in [0.1, 0.15) is 45.4 Å². The molecule has 5 atom stereocenters. The molecule has 2 amide bonds. The normalized spacial score (nSPS) is 32.8. The topological polar surface area (TPSA) is 77.0 Å². The van der Waals surface area contributed by atoms with Gasteiger partial charge in [0.25, 0.3) is 0 Å². The van der Waals surface area contributed by atoms with E-state index in [0.29, 0.717) is 13.1 Å². The van der Waals surface area contributed by atoms with Gasteiger partial charge in [0, 0.05) is 33.2 Å². The summed E-state index contributed by atoms with van der Waals surface area (Å²) in [5, 5.41) is 6.70. The first-order valence-electron chi connectivity index (χ1n) is 12.3. The number of imide groups is 1. The van der Waals surface area contributed by atoms with Crippen LogP contribution in [0.4, 0.5) is 0 Å². The largest absolute Gasteiger partial charge is 0.356 e. The molecule has 0 aromatic carbocycles. The third kappa shape index (κ3) is 4.97. The van der Waals surface area contributed by atoms with Crippen LogP contribution in [0.15, 0.2) is 17.1 Å². The second-order valence-electron chi connectivity index (χ2n) is 9.86. The number of rotatable bonds is 9. The summed E-state index contributed by atoms with van der Waals surface area (Å²) in [4.78, 5) is 33.8. The number of piperidine rings is 1. The second-order valence-corrected chi connectivity index (χ2v) is 9.86. The Kier molecular flexibility index (Phi) is 7.31. The summed E-state index contributed by atoms with van der Waals surface area (Å²) in [7, 11) is 1.78. The second kappa shape index (κ2) is 10.2. The molecule has 3 fully saturated rings. The van der Waals surface area contributed by atoms with E-state index in [2.05, 4.69) is 39.6 Å². The average Bonchev–Trinajstić information content (AvgIpc) is 3.44. The first-order valence-corrected chi connectivity index (χ1v) is 12.3. The number of aliphatic imine (C=N–C) groups is 1. The Bertz CT molecular complexity index is 691. The van der Waals surface area contributed by atoms with E-state index in [9.17, 15) is 9.59 Å². The predicted molar refractivity (Wildman–Crippen MR) is 122 cm³/mol. The molecule has 0 spiro atoms. The van der Waals surface area contributed by atoms with Gasteiger partial charge in [-0.05, 0) is 69.4 Å². The summed E-state index contributed by atoms with van der Waals surface area (Å²) in [6.07, 6.45) is 11.1. The third-order valence-corrected chi connectivity index (χ3v) is 7.57. The number of hydrogen-bond donors (Lipinski definition) is 2. The lowest BCUT2D eigenvalue weighted by atomic mass is 9.85. The van der Waals surface area contributed by atoms with Crippen LogP contribution in [0.25, 0.3) is 0 Å². The first-order chi connectivity index (χ1) is 15.1. The molecule has 0 aromatic rings. The number of allylic oxidation sites excluding steroid dienone is 2. The number of fused-ring (bicyclic) bond motifs is 5. The number of hydrogen-bond acceptors (Lipinski definition) is 4. The number of guanidine groups is 1. The van der Waals surface area contributed by atoms with Crippen molar-refractivity contribution in [2.24, 2.45) is 34.6 Å². The van der Waals surface area contributed by atoms with Crippen LogP contribution in [-0.2, 0) is 9.59 Å². The van der Waals surface area contributed by atoms with E-state index < -0.39 is 0 Å². The fraction of sp³-hybridized carbons (Fsp3) is 0.792. The van der Waals surface area contributed by atoms with E-state index in [1.165, 1.54) is 43.8 Å². The van der Waals surface area contributed by atoms with E-state index >= 15 is 0 Å². The van der Waals surface area contributed by atoms with Gasteiger partial charge in [-0.3, -0.25) is 19.5 Å². The summed E-state index contributed by atoms with van der Waals surface area (Å²) in [6, 6.07) is 0. The molecule has 2 heterocycles. The van der Waals surface area contributed by atoms with Crippen LogP contribution >= 0.6 is 0 Å². The Morgan fingerprint density at radius 3 is 2.35 bits per heavy atom. The van der Waals surface area contributed by atoms with Gasteiger partial charge in [-0.25, -0.2) is 0 Å².